The van der Waals surface area contributed by atoms with Crippen LogP contribution in [0.25, 0.3) is 11.1 Å². The molecular weight excluding hydrogens is 241 g/mol. The summed E-state index contributed by atoms with van der Waals surface area (Å²) in [6, 6.07) is 12.2. The van der Waals surface area contributed by atoms with Crippen LogP contribution in [0.15, 0.2) is 42.5 Å². The van der Waals surface area contributed by atoms with Crippen LogP contribution < -0.4 is 11.2 Å². The van der Waals surface area contributed by atoms with Crippen LogP contribution in [0.4, 0.5) is 0 Å². The molecule has 4 nitrogen and oxygen atoms in total. The van der Waals surface area contributed by atoms with Crippen molar-refractivity contribution in [3.05, 3.63) is 53.6 Å². The Labute approximate surface area is 111 Å². The van der Waals surface area contributed by atoms with E-state index in [4.69, 9.17) is 5.73 Å². The van der Waals surface area contributed by atoms with E-state index in [-0.39, 0.29) is 0 Å². The number of rotatable bonds is 3. The van der Waals surface area contributed by atoms with Crippen LogP contribution in [0.1, 0.15) is 15.9 Å². The molecule has 0 fully saturated rings. The van der Waals surface area contributed by atoms with Gasteiger partial charge in [0.25, 0.3) is 0 Å². The summed E-state index contributed by atoms with van der Waals surface area (Å²) >= 11 is 0. The summed E-state index contributed by atoms with van der Waals surface area (Å²) in [5.41, 5.74) is 8.74. The lowest BCUT2D eigenvalue weighted by atomic mass is 9.78. The Balaban J connectivity index is 2.43. The zero-order valence-corrected chi connectivity index (χ0v) is 10.5. The highest BCUT2D eigenvalue weighted by Gasteiger charge is 2.12. The summed E-state index contributed by atoms with van der Waals surface area (Å²) in [5.74, 6) is -0.470. The molecule has 0 spiro atoms. The average molecular weight is 255 g/mol. The minimum Gasteiger partial charge on any atom is -0.423 e. The first-order valence-corrected chi connectivity index (χ1v) is 5.85. The Morgan fingerprint density at radius 2 is 1.68 bits per heavy atom. The number of carbonyl (C=O) groups excluding carboxylic acids is 1. The number of nitrogens with two attached hydrogens (primary N) is 1. The normalized spacial score (nSPS) is 10.3. The predicted molar refractivity (Wildman–Crippen MR) is 75.0 cm³/mol. The highest BCUT2D eigenvalue weighted by Crippen LogP contribution is 2.20. The number of carbonyl (C=O) groups is 1. The third-order valence-corrected chi connectivity index (χ3v) is 2.90. The van der Waals surface area contributed by atoms with Crippen LogP contribution in [-0.4, -0.2) is 23.1 Å². The monoisotopic (exact) mass is 255 g/mol. The number of primary amides is 1. The zero-order valence-electron chi connectivity index (χ0n) is 10.5. The molecule has 0 saturated heterocycles. The molecule has 2 rings (SSSR count). The summed E-state index contributed by atoms with van der Waals surface area (Å²) in [5, 5.41) is 18.5. The summed E-state index contributed by atoms with van der Waals surface area (Å²) in [7, 11) is -1.50. The molecule has 0 aliphatic carbocycles. The second-order valence-electron chi connectivity index (χ2n) is 4.45. The third kappa shape index (κ3) is 3.02. The minimum atomic E-state index is -1.50. The zero-order chi connectivity index (χ0) is 14.0. The van der Waals surface area contributed by atoms with Crippen LogP contribution in [0, 0.1) is 6.92 Å². The Morgan fingerprint density at radius 1 is 1.05 bits per heavy atom. The second kappa shape index (κ2) is 5.26. The van der Waals surface area contributed by atoms with Gasteiger partial charge in [-0.25, -0.2) is 0 Å². The van der Waals surface area contributed by atoms with Crippen molar-refractivity contribution in [1.82, 2.24) is 0 Å². The van der Waals surface area contributed by atoms with Crippen LogP contribution in [0.5, 0.6) is 0 Å². The Kier molecular flexibility index (Phi) is 3.69. The van der Waals surface area contributed by atoms with Crippen LogP contribution in [0.2, 0.25) is 0 Å². The molecule has 0 radical (unpaired) electrons. The van der Waals surface area contributed by atoms with Gasteiger partial charge in [-0.3, -0.25) is 4.79 Å². The summed E-state index contributed by atoms with van der Waals surface area (Å²) in [4.78, 5) is 11.0. The summed E-state index contributed by atoms with van der Waals surface area (Å²) in [6.45, 7) is 1.88. The first kappa shape index (κ1) is 13.3. The number of benzene rings is 2. The lowest BCUT2D eigenvalue weighted by Crippen LogP contribution is -2.30. The second-order valence-corrected chi connectivity index (χ2v) is 4.45. The maximum absolute atomic E-state index is 11.0. The SMILES string of the molecule is Cc1cc(B(O)O)cc(-c2ccc(C(N)=O)cc2)c1. The Hall–Kier alpha value is -2.11. The van der Waals surface area contributed by atoms with Gasteiger partial charge in [-0.1, -0.05) is 35.9 Å². The van der Waals surface area contributed by atoms with Crippen molar-refractivity contribution in [2.24, 2.45) is 5.73 Å². The third-order valence-electron chi connectivity index (χ3n) is 2.90. The van der Waals surface area contributed by atoms with Crippen molar-refractivity contribution in [1.29, 1.82) is 0 Å². The smallest absolute Gasteiger partial charge is 0.423 e. The lowest BCUT2D eigenvalue weighted by Gasteiger charge is -2.08. The van der Waals surface area contributed by atoms with E-state index in [1.807, 2.05) is 13.0 Å². The van der Waals surface area contributed by atoms with E-state index >= 15 is 0 Å². The van der Waals surface area contributed by atoms with Gasteiger partial charge in [0.1, 0.15) is 0 Å². The molecule has 0 heterocycles. The Morgan fingerprint density at radius 3 is 2.21 bits per heavy atom. The van der Waals surface area contributed by atoms with Crippen LogP contribution in [-0.2, 0) is 0 Å². The molecule has 0 aliphatic heterocycles. The number of hydrogen-bond donors (Lipinski definition) is 3. The van der Waals surface area contributed by atoms with E-state index in [9.17, 15) is 14.8 Å². The average Bonchev–Trinajstić information content (AvgIpc) is 2.38. The highest BCUT2D eigenvalue weighted by molar-refractivity contribution is 6.58. The van der Waals surface area contributed by atoms with E-state index in [2.05, 4.69) is 0 Å². The van der Waals surface area contributed by atoms with Crippen molar-refractivity contribution in [3.63, 3.8) is 0 Å². The number of aryl methyl sites for hydroxylation is 1. The summed E-state index contributed by atoms with van der Waals surface area (Å²) < 4.78 is 0. The molecule has 0 aliphatic rings. The van der Waals surface area contributed by atoms with Crippen LogP contribution in [0.3, 0.4) is 0 Å². The molecule has 2 aromatic carbocycles. The maximum atomic E-state index is 11.0. The molecule has 0 bridgehead atoms. The van der Waals surface area contributed by atoms with Crippen molar-refractivity contribution in [3.8, 4) is 11.1 Å². The van der Waals surface area contributed by atoms with E-state index < -0.39 is 13.0 Å². The van der Waals surface area contributed by atoms with Gasteiger partial charge in [-0.05, 0) is 35.6 Å². The largest absolute Gasteiger partial charge is 0.488 e. The fraction of sp³-hybridized carbons (Fsp3) is 0.0714. The van der Waals surface area contributed by atoms with Gasteiger partial charge >= 0.3 is 7.12 Å². The summed E-state index contributed by atoms with van der Waals surface area (Å²) in [6.07, 6.45) is 0. The van der Waals surface area contributed by atoms with Gasteiger partial charge in [-0.15, -0.1) is 0 Å². The molecule has 1 amide bonds. The van der Waals surface area contributed by atoms with Gasteiger partial charge in [-0.2, -0.15) is 0 Å². The van der Waals surface area contributed by atoms with E-state index in [0.29, 0.717) is 11.0 Å². The van der Waals surface area contributed by atoms with Crippen molar-refractivity contribution in [2.75, 3.05) is 0 Å². The lowest BCUT2D eigenvalue weighted by molar-refractivity contribution is 0.100. The topological polar surface area (TPSA) is 83.6 Å². The van der Waals surface area contributed by atoms with Crippen molar-refractivity contribution < 1.29 is 14.8 Å². The number of amides is 1. The number of hydrogen-bond acceptors (Lipinski definition) is 3. The molecule has 2 aromatic rings. The van der Waals surface area contributed by atoms with Gasteiger partial charge in [0.05, 0.1) is 0 Å². The molecule has 19 heavy (non-hydrogen) atoms. The molecular formula is C14H14BNO3. The first-order chi connectivity index (χ1) is 8.97. The van der Waals surface area contributed by atoms with Crippen LogP contribution >= 0.6 is 0 Å². The molecule has 0 aromatic heterocycles. The molecule has 5 heteroatoms. The van der Waals surface area contributed by atoms with E-state index in [1.165, 1.54) is 0 Å². The molecule has 4 N–H and O–H groups in total. The fourth-order valence-corrected chi connectivity index (χ4v) is 1.96. The highest BCUT2D eigenvalue weighted by atomic mass is 16.4. The molecule has 0 unspecified atom stereocenters. The Bertz CT molecular complexity index is 609. The van der Waals surface area contributed by atoms with Gasteiger partial charge < -0.3 is 15.8 Å². The standard InChI is InChI=1S/C14H14BNO3/c1-9-6-12(8-13(7-9)15(18)19)10-2-4-11(5-3-10)14(16)17/h2-8,18-19H,1H3,(H2,16,17). The molecule has 0 saturated carbocycles. The van der Waals surface area contributed by atoms with E-state index in [0.717, 1.165) is 16.7 Å². The predicted octanol–water partition coefficient (Wildman–Crippen LogP) is 0.441. The quantitative estimate of drug-likeness (QED) is 0.696. The maximum Gasteiger partial charge on any atom is 0.488 e. The first-order valence-electron chi connectivity index (χ1n) is 5.85. The minimum absolute atomic E-state index is 0.439. The van der Waals surface area contributed by atoms with E-state index in [1.54, 1.807) is 36.4 Å². The van der Waals surface area contributed by atoms with Gasteiger partial charge in [0.2, 0.25) is 5.91 Å². The van der Waals surface area contributed by atoms with Crippen molar-refractivity contribution in [2.45, 2.75) is 6.92 Å². The van der Waals surface area contributed by atoms with Crippen molar-refractivity contribution >= 4 is 18.5 Å². The molecule has 0 atom stereocenters. The van der Waals surface area contributed by atoms with Gasteiger partial charge in [0.15, 0.2) is 0 Å². The fourth-order valence-electron chi connectivity index (χ4n) is 1.96. The molecule has 96 valence electrons. The van der Waals surface area contributed by atoms with Gasteiger partial charge in [0, 0.05) is 5.56 Å².